The van der Waals surface area contributed by atoms with Crippen LogP contribution in [0.25, 0.3) is 0 Å². The minimum atomic E-state index is 0.818. The van der Waals surface area contributed by atoms with Gasteiger partial charge in [-0.3, -0.25) is 0 Å². The highest BCUT2D eigenvalue weighted by molar-refractivity contribution is 9.09. The van der Waals surface area contributed by atoms with E-state index in [1.54, 1.807) is 0 Å². The molecule has 0 aliphatic rings. The number of hydrogen-bond donors (Lipinski definition) is 0. The molecule has 1 aromatic rings. The zero-order chi connectivity index (χ0) is 10.9. The molecule has 1 nitrogen and oxygen atoms in total. The molecule has 0 saturated heterocycles. The van der Waals surface area contributed by atoms with Crippen molar-refractivity contribution in [1.82, 2.24) is 0 Å². The topological polar surface area (TPSA) is 9.23 Å². The molecule has 0 atom stereocenters. The molecule has 0 heterocycles. The molecule has 1 aromatic carbocycles. The van der Waals surface area contributed by atoms with Crippen LogP contribution in [0.5, 0.6) is 5.75 Å². The molecule has 0 aliphatic carbocycles. The summed E-state index contributed by atoms with van der Waals surface area (Å²) in [4.78, 5) is 0. The lowest BCUT2D eigenvalue weighted by molar-refractivity contribution is 0.305. The van der Waals surface area contributed by atoms with E-state index in [0.29, 0.717) is 0 Å². The Morgan fingerprint density at radius 2 is 1.67 bits per heavy atom. The molecule has 0 saturated carbocycles. The quantitative estimate of drug-likeness (QED) is 0.533. The highest BCUT2D eigenvalue weighted by atomic mass is 79.9. The molecular weight excluding hydrogens is 252 g/mol. The molecule has 83 valence electrons. The van der Waals surface area contributed by atoms with Gasteiger partial charge in [0.1, 0.15) is 5.75 Å². The maximum atomic E-state index is 5.60. The summed E-state index contributed by atoms with van der Waals surface area (Å²) >= 11 is 3.42. The van der Waals surface area contributed by atoms with Crippen LogP contribution in [0.15, 0.2) is 24.3 Å². The Bertz CT molecular complexity index is 256. The van der Waals surface area contributed by atoms with Gasteiger partial charge in [0, 0.05) is 5.33 Å². The van der Waals surface area contributed by atoms with Crippen molar-refractivity contribution in [3.63, 3.8) is 0 Å². The van der Waals surface area contributed by atoms with Crippen molar-refractivity contribution in [3.05, 3.63) is 36.8 Å². The van der Waals surface area contributed by atoms with Crippen LogP contribution in [-0.2, 0) is 0 Å². The van der Waals surface area contributed by atoms with E-state index in [1.165, 1.54) is 19.3 Å². The first-order chi connectivity index (χ1) is 7.33. The summed E-state index contributed by atoms with van der Waals surface area (Å²) < 4.78 is 5.60. The van der Waals surface area contributed by atoms with E-state index in [0.717, 1.165) is 29.7 Å². The van der Waals surface area contributed by atoms with Gasteiger partial charge in [-0.05, 0) is 37.5 Å². The van der Waals surface area contributed by atoms with Crippen molar-refractivity contribution in [2.24, 2.45) is 0 Å². The first-order valence-electron chi connectivity index (χ1n) is 5.43. The largest absolute Gasteiger partial charge is 0.494 e. The first kappa shape index (κ1) is 12.6. The monoisotopic (exact) mass is 269 g/mol. The van der Waals surface area contributed by atoms with Crippen molar-refractivity contribution in [2.75, 3.05) is 11.9 Å². The van der Waals surface area contributed by atoms with Crippen LogP contribution >= 0.6 is 15.9 Å². The van der Waals surface area contributed by atoms with Gasteiger partial charge in [0.2, 0.25) is 0 Å². The lowest BCUT2D eigenvalue weighted by Gasteiger charge is -2.05. The van der Waals surface area contributed by atoms with Crippen molar-refractivity contribution in [2.45, 2.75) is 25.7 Å². The van der Waals surface area contributed by atoms with Gasteiger partial charge in [0.05, 0.1) is 6.61 Å². The third-order valence-corrected chi connectivity index (χ3v) is 2.78. The average molecular weight is 270 g/mol. The minimum absolute atomic E-state index is 0.818. The highest BCUT2D eigenvalue weighted by Gasteiger charge is 1.93. The van der Waals surface area contributed by atoms with E-state index in [4.69, 9.17) is 4.74 Å². The van der Waals surface area contributed by atoms with Crippen LogP contribution in [0.2, 0.25) is 0 Å². The van der Waals surface area contributed by atoms with Crippen LogP contribution in [-0.4, -0.2) is 11.9 Å². The van der Waals surface area contributed by atoms with Gasteiger partial charge in [-0.15, -0.1) is 0 Å². The normalized spacial score (nSPS) is 10.3. The standard InChI is InChI=1S/C13H18BrO/c1-12-6-8-13(9-7-12)15-11-5-3-2-4-10-14/h6-9H,1-5,10-11H2. The fourth-order valence-electron chi connectivity index (χ4n) is 1.33. The van der Waals surface area contributed by atoms with Crippen molar-refractivity contribution in [3.8, 4) is 5.75 Å². The minimum Gasteiger partial charge on any atom is -0.494 e. The summed E-state index contributed by atoms with van der Waals surface area (Å²) in [5, 5.41) is 1.11. The van der Waals surface area contributed by atoms with E-state index < -0.39 is 0 Å². The predicted octanol–water partition coefficient (Wildman–Crippen LogP) is 4.20. The van der Waals surface area contributed by atoms with E-state index in [-0.39, 0.29) is 0 Å². The summed E-state index contributed by atoms with van der Waals surface area (Å²) in [6, 6.07) is 7.89. The van der Waals surface area contributed by atoms with Gasteiger partial charge in [-0.1, -0.05) is 40.9 Å². The van der Waals surface area contributed by atoms with Crippen LogP contribution in [0.3, 0.4) is 0 Å². The summed E-state index contributed by atoms with van der Waals surface area (Å²) in [5.41, 5.74) is 1.03. The van der Waals surface area contributed by atoms with Gasteiger partial charge in [0.15, 0.2) is 0 Å². The molecule has 0 fully saturated rings. The second-order valence-electron chi connectivity index (χ2n) is 3.60. The van der Waals surface area contributed by atoms with Crippen molar-refractivity contribution < 1.29 is 4.74 Å². The molecule has 0 aromatic heterocycles. The molecule has 0 unspecified atom stereocenters. The van der Waals surface area contributed by atoms with E-state index >= 15 is 0 Å². The number of benzene rings is 1. The summed E-state index contributed by atoms with van der Waals surface area (Å²) in [7, 11) is 0. The van der Waals surface area contributed by atoms with Crippen molar-refractivity contribution >= 4 is 15.9 Å². The first-order valence-corrected chi connectivity index (χ1v) is 6.56. The molecule has 0 spiro atoms. The molecule has 0 bridgehead atoms. The molecule has 0 N–H and O–H groups in total. The van der Waals surface area contributed by atoms with Crippen LogP contribution in [0, 0.1) is 6.92 Å². The molecular formula is C13H18BrO. The summed E-state index contributed by atoms with van der Waals surface area (Å²) in [6.07, 6.45) is 4.93. The summed E-state index contributed by atoms with van der Waals surface area (Å²) in [5.74, 6) is 0.947. The molecule has 1 rings (SSSR count). The number of rotatable bonds is 7. The molecule has 1 radical (unpaired) electrons. The van der Waals surface area contributed by atoms with Crippen LogP contribution < -0.4 is 4.74 Å². The maximum absolute atomic E-state index is 5.60. The van der Waals surface area contributed by atoms with E-state index in [1.807, 2.05) is 24.3 Å². The predicted molar refractivity (Wildman–Crippen MR) is 68.7 cm³/mol. The van der Waals surface area contributed by atoms with Gasteiger partial charge in [-0.25, -0.2) is 0 Å². The SMILES string of the molecule is [CH2]c1ccc(OCCCCCCBr)cc1. The zero-order valence-electron chi connectivity index (χ0n) is 9.05. The average Bonchev–Trinajstić information content (AvgIpc) is 2.26. The second kappa shape index (κ2) is 7.75. The molecule has 0 amide bonds. The fraction of sp³-hybridized carbons (Fsp3) is 0.462. The number of ether oxygens (including phenoxy) is 1. The van der Waals surface area contributed by atoms with Gasteiger partial charge in [-0.2, -0.15) is 0 Å². The number of hydrogen-bond acceptors (Lipinski definition) is 1. The Morgan fingerprint density at radius 1 is 1.00 bits per heavy atom. The maximum Gasteiger partial charge on any atom is 0.119 e. The highest BCUT2D eigenvalue weighted by Crippen LogP contribution is 2.12. The van der Waals surface area contributed by atoms with E-state index in [9.17, 15) is 0 Å². The number of halogens is 1. The molecule has 0 aliphatic heterocycles. The summed E-state index contributed by atoms with van der Waals surface area (Å²) in [6.45, 7) is 4.65. The Labute approximate surface area is 101 Å². The van der Waals surface area contributed by atoms with Gasteiger partial charge >= 0.3 is 0 Å². The number of unbranched alkanes of at least 4 members (excludes halogenated alkanes) is 3. The fourth-order valence-corrected chi connectivity index (χ4v) is 1.72. The third kappa shape index (κ3) is 5.83. The van der Waals surface area contributed by atoms with Crippen LogP contribution in [0.1, 0.15) is 31.2 Å². The second-order valence-corrected chi connectivity index (χ2v) is 4.39. The third-order valence-electron chi connectivity index (χ3n) is 2.22. The Balaban J connectivity index is 2.07. The van der Waals surface area contributed by atoms with Gasteiger partial charge < -0.3 is 4.74 Å². The van der Waals surface area contributed by atoms with E-state index in [2.05, 4.69) is 22.9 Å². The lowest BCUT2D eigenvalue weighted by atomic mass is 10.2. The number of alkyl halides is 1. The van der Waals surface area contributed by atoms with Crippen LogP contribution in [0.4, 0.5) is 0 Å². The Hall–Kier alpha value is -0.500. The van der Waals surface area contributed by atoms with Crippen molar-refractivity contribution in [1.29, 1.82) is 0 Å². The Morgan fingerprint density at radius 3 is 2.33 bits per heavy atom. The lowest BCUT2D eigenvalue weighted by Crippen LogP contribution is -1.97. The molecule has 2 heteroatoms. The smallest absolute Gasteiger partial charge is 0.119 e. The van der Waals surface area contributed by atoms with Gasteiger partial charge in [0.25, 0.3) is 0 Å². The molecule has 15 heavy (non-hydrogen) atoms. The zero-order valence-corrected chi connectivity index (χ0v) is 10.6. The Kier molecular flexibility index (Phi) is 6.49.